The van der Waals surface area contributed by atoms with Crippen LogP contribution in [-0.4, -0.2) is 40.0 Å². The minimum atomic E-state index is 0.00780. The van der Waals surface area contributed by atoms with Crippen molar-refractivity contribution >= 4 is 34.2 Å². The number of nitrogens with zero attached hydrogens (tertiary/aromatic N) is 3. The van der Waals surface area contributed by atoms with Crippen LogP contribution in [0.3, 0.4) is 0 Å². The van der Waals surface area contributed by atoms with Crippen LogP contribution < -0.4 is 0 Å². The van der Waals surface area contributed by atoms with Gasteiger partial charge in [-0.3, -0.25) is 0 Å². The maximum absolute atomic E-state index is 6.38. The van der Waals surface area contributed by atoms with Gasteiger partial charge in [0, 0.05) is 24.4 Å². The number of hydrogen-bond donors (Lipinski definition) is 0. The summed E-state index contributed by atoms with van der Waals surface area (Å²) in [5.41, 5.74) is 1.95. The maximum atomic E-state index is 6.38. The van der Waals surface area contributed by atoms with Crippen molar-refractivity contribution in [3.8, 4) is 0 Å². The Hall–Kier alpha value is -0.770. The van der Waals surface area contributed by atoms with Gasteiger partial charge in [-0.1, -0.05) is 17.7 Å². The summed E-state index contributed by atoms with van der Waals surface area (Å²) < 4.78 is 2.21. The molecule has 0 saturated carbocycles. The first kappa shape index (κ1) is 15.6. The maximum Gasteiger partial charge on any atom is 0.111 e. The van der Waals surface area contributed by atoms with Crippen LogP contribution in [0.15, 0.2) is 18.2 Å². The molecule has 5 heteroatoms. The minimum absolute atomic E-state index is 0.00780. The molecule has 0 aliphatic rings. The van der Waals surface area contributed by atoms with Gasteiger partial charge < -0.3 is 9.47 Å². The highest BCUT2D eigenvalue weighted by Gasteiger charge is 2.24. The first-order valence-corrected chi connectivity index (χ1v) is 7.65. The lowest BCUT2D eigenvalue weighted by atomic mass is 10.0. The van der Waals surface area contributed by atoms with Crippen LogP contribution in [0.2, 0.25) is 5.02 Å². The molecule has 2 rings (SSSR count). The van der Waals surface area contributed by atoms with Gasteiger partial charge in [-0.05, 0) is 40.1 Å². The van der Waals surface area contributed by atoms with E-state index in [9.17, 15) is 0 Å². The summed E-state index contributed by atoms with van der Waals surface area (Å²) in [5, 5.41) is 0.741. The lowest BCUT2D eigenvalue weighted by Gasteiger charge is -2.33. The van der Waals surface area contributed by atoms with E-state index in [0.717, 1.165) is 34.8 Å². The average Bonchev–Trinajstić information content (AvgIpc) is 2.68. The number of aryl methyl sites for hydroxylation is 1. The lowest BCUT2D eigenvalue weighted by molar-refractivity contribution is 0.170. The molecule has 110 valence electrons. The number of benzene rings is 1. The van der Waals surface area contributed by atoms with Gasteiger partial charge in [-0.15, -0.1) is 11.6 Å². The number of para-hydroxylation sites is 1. The summed E-state index contributed by atoms with van der Waals surface area (Å²) in [4.78, 5) is 6.89. The van der Waals surface area contributed by atoms with E-state index >= 15 is 0 Å². The van der Waals surface area contributed by atoms with Crippen LogP contribution in [0.25, 0.3) is 11.0 Å². The summed E-state index contributed by atoms with van der Waals surface area (Å²) in [6, 6.07) is 5.84. The molecule has 0 amide bonds. The Morgan fingerprint density at radius 2 is 2.00 bits per heavy atom. The molecule has 0 aliphatic heterocycles. The molecule has 0 radical (unpaired) electrons. The van der Waals surface area contributed by atoms with E-state index in [0.29, 0.717) is 5.88 Å². The predicted octanol–water partition coefficient (Wildman–Crippen LogP) is 3.81. The van der Waals surface area contributed by atoms with Crippen molar-refractivity contribution in [3.05, 3.63) is 29.0 Å². The molecular weight excluding hydrogens is 293 g/mol. The molecule has 20 heavy (non-hydrogen) atoms. The number of aromatic nitrogens is 2. The first-order valence-electron chi connectivity index (χ1n) is 6.74. The predicted molar refractivity (Wildman–Crippen MR) is 86.9 cm³/mol. The third-order valence-electron chi connectivity index (χ3n) is 3.87. The smallest absolute Gasteiger partial charge is 0.111 e. The summed E-state index contributed by atoms with van der Waals surface area (Å²) in [6.07, 6.45) is 0.746. The number of rotatable bonds is 5. The molecule has 2 aromatic rings. The number of halogens is 2. The van der Waals surface area contributed by atoms with Crippen LogP contribution in [0.5, 0.6) is 0 Å². The second-order valence-electron chi connectivity index (χ2n) is 5.87. The third kappa shape index (κ3) is 2.95. The third-order valence-corrected chi connectivity index (χ3v) is 4.36. The molecule has 0 unspecified atom stereocenters. The SMILES string of the molecule is CN(C)C(C)(C)Cn1c(CCCl)nc2cccc(Cl)c21. The fourth-order valence-corrected chi connectivity index (χ4v) is 2.60. The number of imidazole rings is 1. The number of fused-ring (bicyclic) bond motifs is 1. The van der Waals surface area contributed by atoms with Crippen LogP contribution in [0, 0.1) is 0 Å². The van der Waals surface area contributed by atoms with E-state index in [1.54, 1.807) is 0 Å². The molecule has 0 atom stereocenters. The van der Waals surface area contributed by atoms with Crippen molar-refractivity contribution in [3.63, 3.8) is 0 Å². The quantitative estimate of drug-likeness (QED) is 0.783. The second kappa shape index (κ2) is 5.92. The lowest BCUT2D eigenvalue weighted by Crippen LogP contribution is -2.42. The van der Waals surface area contributed by atoms with Gasteiger partial charge in [0.05, 0.1) is 16.1 Å². The number of hydrogen-bond acceptors (Lipinski definition) is 2. The summed E-state index contributed by atoms with van der Waals surface area (Å²) in [7, 11) is 4.17. The molecule has 0 bridgehead atoms. The van der Waals surface area contributed by atoms with Gasteiger partial charge >= 0.3 is 0 Å². The monoisotopic (exact) mass is 313 g/mol. The van der Waals surface area contributed by atoms with Gasteiger partial charge in [-0.25, -0.2) is 4.98 Å². The Balaban J connectivity index is 2.56. The molecule has 0 N–H and O–H groups in total. The van der Waals surface area contributed by atoms with Crippen molar-refractivity contribution < 1.29 is 0 Å². The van der Waals surface area contributed by atoms with E-state index in [1.165, 1.54) is 0 Å². The van der Waals surface area contributed by atoms with Gasteiger partial charge in [0.15, 0.2) is 0 Å². The zero-order valence-corrected chi connectivity index (χ0v) is 14.0. The van der Waals surface area contributed by atoms with E-state index in [-0.39, 0.29) is 5.54 Å². The average molecular weight is 314 g/mol. The number of likely N-dealkylation sites (N-methyl/N-ethyl adjacent to an activating group) is 1. The Labute approximate surface area is 130 Å². The van der Waals surface area contributed by atoms with E-state index in [1.807, 2.05) is 18.2 Å². The van der Waals surface area contributed by atoms with Crippen molar-refractivity contribution in [2.45, 2.75) is 32.4 Å². The standard InChI is InChI=1S/C15H21Cl2N3/c1-15(2,19(3)4)10-20-13(8-9-16)18-12-7-5-6-11(17)14(12)20/h5-7H,8-10H2,1-4H3. The summed E-state index contributed by atoms with van der Waals surface area (Å²) in [6.45, 7) is 5.24. The first-order chi connectivity index (χ1) is 9.36. The topological polar surface area (TPSA) is 21.1 Å². The fourth-order valence-electron chi connectivity index (χ4n) is 2.16. The highest BCUT2D eigenvalue weighted by Crippen LogP contribution is 2.27. The Morgan fingerprint density at radius 1 is 1.30 bits per heavy atom. The van der Waals surface area contributed by atoms with Crippen LogP contribution >= 0.6 is 23.2 Å². The Morgan fingerprint density at radius 3 is 2.60 bits per heavy atom. The second-order valence-corrected chi connectivity index (χ2v) is 6.65. The normalized spacial score (nSPS) is 12.6. The van der Waals surface area contributed by atoms with Crippen molar-refractivity contribution in [1.29, 1.82) is 0 Å². The van der Waals surface area contributed by atoms with Crippen molar-refractivity contribution in [1.82, 2.24) is 14.5 Å². The van der Waals surface area contributed by atoms with Gasteiger partial charge in [0.1, 0.15) is 5.82 Å². The van der Waals surface area contributed by atoms with Gasteiger partial charge in [0.25, 0.3) is 0 Å². The summed E-state index contributed by atoms with van der Waals surface area (Å²) >= 11 is 12.3. The molecule has 3 nitrogen and oxygen atoms in total. The molecule has 1 aromatic carbocycles. The molecule has 1 aromatic heterocycles. The van der Waals surface area contributed by atoms with E-state index < -0.39 is 0 Å². The molecular formula is C15H21Cl2N3. The zero-order chi connectivity index (χ0) is 14.9. The van der Waals surface area contributed by atoms with E-state index in [2.05, 4.69) is 42.4 Å². The largest absolute Gasteiger partial charge is 0.325 e. The number of alkyl halides is 1. The minimum Gasteiger partial charge on any atom is -0.325 e. The highest BCUT2D eigenvalue weighted by molar-refractivity contribution is 6.35. The molecule has 0 spiro atoms. The molecule has 1 heterocycles. The van der Waals surface area contributed by atoms with Crippen molar-refractivity contribution in [2.24, 2.45) is 0 Å². The zero-order valence-electron chi connectivity index (χ0n) is 12.5. The van der Waals surface area contributed by atoms with Crippen molar-refractivity contribution in [2.75, 3.05) is 20.0 Å². The Bertz CT molecular complexity index is 602. The van der Waals surface area contributed by atoms with Gasteiger partial charge in [0.2, 0.25) is 0 Å². The van der Waals surface area contributed by atoms with Crippen LogP contribution in [-0.2, 0) is 13.0 Å². The van der Waals surface area contributed by atoms with Gasteiger partial charge in [-0.2, -0.15) is 0 Å². The van der Waals surface area contributed by atoms with E-state index in [4.69, 9.17) is 23.2 Å². The Kier molecular flexibility index (Phi) is 4.62. The molecule has 0 fully saturated rings. The highest BCUT2D eigenvalue weighted by atomic mass is 35.5. The van der Waals surface area contributed by atoms with Crippen LogP contribution in [0.1, 0.15) is 19.7 Å². The summed E-state index contributed by atoms with van der Waals surface area (Å²) in [5.74, 6) is 1.56. The fraction of sp³-hybridized carbons (Fsp3) is 0.533. The molecule has 0 saturated heterocycles. The molecule has 0 aliphatic carbocycles. The van der Waals surface area contributed by atoms with Crippen LogP contribution in [0.4, 0.5) is 0 Å².